The van der Waals surface area contributed by atoms with E-state index < -0.39 is 5.97 Å². The Morgan fingerprint density at radius 1 is 1.56 bits per heavy atom. The standard InChI is InChI=1S/C12H15NO3/c1-13-6-4-9-2-3-10(8-11(9)13)16-7-5-12(14)15/h2-3,8H,4-7H2,1H3,(H,14,15). The topological polar surface area (TPSA) is 49.8 Å². The summed E-state index contributed by atoms with van der Waals surface area (Å²) in [5.41, 5.74) is 2.51. The number of carboxylic acid groups (broad SMARTS) is 1. The van der Waals surface area contributed by atoms with E-state index in [1.165, 1.54) is 11.3 Å². The summed E-state index contributed by atoms with van der Waals surface area (Å²) in [6.45, 7) is 1.26. The normalized spacial score (nSPS) is 13.7. The molecule has 86 valence electrons. The fourth-order valence-corrected chi connectivity index (χ4v) is 1.86. The van der Waals surface area contributed by atoms with Crippen molar-refractivity contribution in [3.8, 4) is 5.75 Å². The average Bonchev–Trinajstić information content (AvgIpc) is 2.60. The number of hydrogen-bond acceptors (Lipinski definition) is 3. The van der Waals surface area contributed by atoms with Gasteiger partial charge < -0.3 is 14.7 Å². The lowest BCUT2D eigenvalue weighted by atomic mass is 10.1. The number of ether oxygens (including phenoxy) is 1. The number of likely N-dealkylation sites (N-methyl/N-ethyl adjacent to an activating group) is 1. The second kappa shape index (κ2) is 4.43. The Morgan fingerprint density at radius 2 is 2.38 bits per heavy atom. The predicted molar refractivity (Wildman–Crippen MR) is 61.2 cm³/mol. The number of nitrogens with zero attached hydrogens (tertiary/aromatic N) is 1. The molecule has 16 heavy (non-hydrogen) atoms. The highest BCUT2D eigenvalue weighted by molar-refractivity contribution is 5.66. The van der Waals surface area contributed by atoms with E-state index in [4.69, 9.17) is 9.84 Å². The Morgan fingerprint density at radius 3 is 3.12 bits per heavy atom. The quantitative estimate of drug-likeness (QED) is 0.837. The molecule has 1 aliphatic rings. The van der Waals surface area contributed by atoms with Crippen molar-refractivity contribution in [1.82, 2.24) is 0 Å². The molecule has 1 aliphatic heterocycles. The Hall–Kier alpha value is -1.71. The van der Waals surface area contributed by atoms with Crippen LogP contribution in [0.25, 0.3) is 0 Å². The maximum absolute atomic E-state index is 10.3. The third-order valence-electron chi connectivity index (χ3n) is 2.77. The van der Waals surface area contributed by atoms with Gasteiger partial charge in [-0.15, -0.1) is 0 Å². The number of rotatable bonds is 4. The van der Waals surface area contributed by atoms with Gasteiger partial charge in [0.25, 0.3) is 0 Å². The number of fused-ring (bicyclic) bond motifs is 1. The van der Waals surface area contributed by atoms with Gasteiger partial charge in [0.05, 0.1) is 13.0 Å². The van der Waals surface area contributed by atoms with E-state index >= 15 is 0 Å². The van der Waals surface area contributed by atoms with Gasteiger partial charge in [-0.3, -0.25) is 4.79 Å². The molecule has 2 rings (SSSR count). The molecule has 1 aromatic carbocycles. The molecule has 0 radical (unpaired) electrons. The number of aliphatic carboxylic acids is 1. The van der Waals surface area contributed by atoms with Crippen molar-refractivity contribution in [1.29, 1.82) is 0 Å². The maximum Gasteiger partial charge on any atom is 0.306 e. The predicted octanol–water partition coefficient (Wildman–Crippen LogP) is 1.53. The summed E-state index contributed by atoms with van der Waals surface area (Å²) in [5, 5.41) is 8.50. The second-order valence-electron chi connectivity index (χ2n) is 3.95. The molecular weight excluding hydrogens is 206 g/mol. The summed E-state index contributed by atoms with van der Waals surface area (Å²) in [6.07, 6.45) is 1.11. The van der Waals surface area contributed by atoms with Gasteiger partial charge in [0.1, 0.15) is 5.75 Å². The third kappa shape index (κ3) is 2.27. The molecule has 0 unspecified atom stereocenters. The van der Waals surface area contributed by atoms with Crippen molar-refractivity contribution in [3.05, 3.63) is 23.8 Å². The van der Waals surface area contributed by atoms with Gasteiger partial charge in [0.2, 0.25) is 0 Å². The first-order valence-corrected chi connectivity index (χ1v) is 5.35. The van der Waals surface area contributed by atoms with Crippen LogP contribution in [0, 0.1) is 0 Å². The van der Waals surface area contributed by atoms with Crippen molar-refractivity contribution < 1.29 is 14.6 Å². The molecule has 0 bridgehead atoms. The first-order chi connectivity index (χ1) is 7.66. The van der Waals surface area contributed by atoms with Gasteiger partial charge in [-0.2, -0.15) is 0 Å². The molecule has 0 spiro atoms. The minimum absolute atomic E-state index is 0.0346. The van der Waals surface area contributed by atoms with Crippen molar-refractivity contribution in [2.24, 2.45) is 0 Å². The van der Waals surface area contributed by atoms with E-state index in [0.29, 0.717) is 0 Å². The number of anilines is 1. The monoisotopic (exact) mass is 221 g/mol. The van der Waals surface area contributed by atoms with Gasteiger partial charge in [-0.1, -0.05) is 6.07 Å². The Kier molecular flexibility index (Phi) is 2.99. The Bertz CT molecular complexity index is 403. The minimum atomic E-state index is -0.835. The number of benzene rings is 1. The van der Waals surface area contributed by atoms with E-state index in [0.717, 1.165) is 18.7 Å². The van der Waals surface area contributed by atoms with Crippen LogP contribution in [-0.2, 0) is 11.2 Å². The molecule has 1 aromatic rings. The zero-order chi connectivity index (χ0) is 11.5. The molecule has 1 N–H and O–H groups in total. The first kappa shape index (κ1) is 10.8. The van der Waals surface area contributed by atoms with Gasteiger partial charge in [0, 0.05) is 25.3 Å². The first-order valence-electron chi connectivity index (χ1n) is 5.35. The fraction of sp³-hybridized carbons (Fsp3) is 0.417. The molecule has 4 heteroatoms. The zero-order valence-corrected chi connectivity index (χ0v) is 9.27. The second-order valence-corrected chi connectivity index (χ2v) is 3.95. The van der Waals surface area contributed by atoms with Crippen LogP contribution >= 0.6 is 0 Å². The Balaban J connectivity index is 2.01. The molecule has 0 amide bonds. The van der Waals surface area contributed by atoms with Gasteiger partial charge >= 0.3 is 5.97 Å². The van der Waals surface area contributed by atoms with Crippen LogP contribution in [-0.4, -0.2) is 31.3 Å². The fourth-order valence-electron chi connectivity index (χ4n) is 1.86. The molecule has 1 heterocycles. The van der Waals surface area contributed by atoms with Crippen LogP contribution in [0.4, 0.5) is 5.69 Å². The van der Waals surface area contributed by atoms with E-state index in [-0.39, 0.29) is 13.0 Å². The average molecular weight is 221 g/mol. The van der Waals surface area contributed by atoms with Crippen molar-refractivity contribution >= 4 is 11.7 Å². The van der Waals surface area contributed by atoms with E-state index in [1.54, 1.807) is 0 Å². The molecule has 0 saturated carbocycles. The maximum atomic E-state index is 10.3. The van der Waals surface area contributed by atoms with Crippen LogP contribution in [0.2, 0.25) is 0 Å². The molecular formula is C12H15NO3. The van der Waals surface area contributed by atoms with Crippen LogP contribution in [0.3, 0.4) is 0 Å². The summed E-state index contributed by atoms with van der Waals surface area (Å²) in [4.78, 5) is 12.5. The number of hydrogen-bond donors (Lipinski definition) is 1. The highest BCUT2D eigenvalue weighted by atomic mass is 16.5. The van der Waals surface area contributed by atoms with Gasteiger partial charge in [0.15, 0.2) is 0 Å². The largest absolute Gasteiger partial charge is 0.493 e. The van der Waals surface area contributed by atoms with Crippen LogP contribution in [0.1, 0.15) is 12.0 Å². The highest BCUT2D eigenvalue weighted by Crippen LogP contribution is 2.30. The van der Waals surface area contributed by atoms with Gasteiger partial charge in [-0.25, -0.2) is 0 Å². The lowest BCUT2D eigenvalue weighted by Gasteiger charge is -2.13. The molecule has 0 aliphatic carbocycles. The molecule has 0 atom stereocenters. The van der Waals surface area contributed by atoms with Crippen LogP contribution in [0.5, 0.6) is 5.75 Å². The van der Waals surface area contributed by atoms with Crippen molar-refractivity contribution in [3.63, 3.8) is 0 Å². The summed E-state index contributed by atoms with van der Waals surface area (Å²) in [7, 11) is 2.05. The number of carboxylic acids is 1. The highest BCUT2D eigenvalue weighted by Gasteiger charge is 2.15. The summed E-state index contributed by atoms with van der Waals surface area (Å²) in [6, 6.07) is 5.93. The summed E-state index contributed by atoms with van der Waals surface area (Å²) in [5.74, 6) is -0.0907. The molecule has 4 nitrogen and oxygen atoms in total. The van der Waals surface area contributed by atoms with Gasteiger partial charge in [-0.05, 0) is 18.1 Å². The number of carbonyl (C=O) groups is 1. The minimum Gasteiger partial charge on any atom is -0.493 e. The molecule has 0 saturated heterocycles. The van der Waals surface area contributed by atoms with Crippen LogP contribution < -0.4 is 9.64 Å². The van der Waals surface area contributed by atoms with E-state index in [9.17, 15) is 4.79 Å². The van der Waals surface area contributed by atoms with Crippen molar-refractivity contribution in [2.45, 2.75) is 12.8 Å². The molecule has 0 fully saturated rings. The Labute approximate surface area is 94.4 Å². The van der Waals surface area contributed by atoms with Crippen LogP contribution in [0.15, 0.2) is 18.2 Å². The summed E-state index contributed by atoms with van der Waals surface area (Å²) >= 11 is 0. The third-order valence-corrected chi connectivity index (χ3v) is 2.77. The zero-order valence-electron chi connectivity index (χ0n) is 9.27. The lowest BCUT2D eigenvalue weighted by molar-refractivity contribution is -0.137. The lowest BCUT2D eigenvalue weighted by Crippen LogP contribution is -2.12. The SMILES string of the molecule is CN1CCc2ccc(OCCC(=O)O)cc21. The van der Waals surface area contributed by atoms with Crippen molar-refractivity contribution in [2.75, 3.05) is 25.1 Å². The summed E-state index contributed by atoms with van der Waals surface area (Å²) < 4.78 is 5.38. The molecule has 0 aromatic heterocycles. The smallest absolute Gasteiger partial charge is 0.306 e. The van der Waals surface area contributed by atoms with E-state index in [2.05, 4.69) is 11.0 Å². The van der Waals surface area contributed by atoms with E-state index in [1.807, 2.05) is 19.2 Å².